The number of rotatable bonds is 4. The van der Waals surface area contributed by atoms with Crippen LogP contribution < -0.4 is 0 Å². The number of halogens is 3. The molecule has 21 heavy (non-hydrogen) atoms. The standard InChI is InChI=1S/C11H11F3N2O2S3/c1-3-7-4-15-10(20-7)21(17,18)5-8-9(11(12,13)14)16-6(2)19-8/h4H,3,5H2,1-2H3. The Balaban J connectivity index is 2.37. The van der Waals surface area contributed by atoms with E-state index in [1.54, 1.807) is 0 Å². The SMILES string of the molecule is CCc1cnc(S(=O)(=O)Cc2sc(C)nc2C(F)(F)F)s1. The highest BCUT2D eigenvalue weighted by molar-refractivity contribution is 7.92. The van der Waals surface area contributed by atoms with E-state index in [0.717, 1.165) is 27.6 Å². The van der Waals surface area contributed by atoms with E-state index in [9.17, 15) is 21.6 Å². The predicted molar refractivity (Wildman–Crippen MR) is 74.2 cm³/mol. The monoisotopic (exact) mass is 356 g/mol. The minimum absolute atomic E-state index is 0.154. The van der Waals surface area contributed by atoms with Crippen molar-refractivity contribution in [2.24, 2.45) is 0 Å². The molecule has 4 nitrogen and oxygen atoms in total. The summed E-state index contributed by atoms with van der Waals surface area (Å²) in [4.78, 5) is 7.65. The van der Waals surface area contributed by atoms with Gasteiger partial charge in [-0.15, -0.1) is 22.7 Å². The fraction of sp³-hybridized carbons (Fsp3) is 0.455. The molecular formula is C11H11F3N2O2S3. The number of aromatic nitrogens is 2. The van der Waals surface area contributed by atoms with Gasteiger partial charge < -0.3 is 0 Å². The molecule has 0 unspecified atom stereocenters. The highest BCUT2D eigenvalue weighted by Gasteiger charge is 2.38. The summed E-state index contributed by atoms with van der Waals surface area (Å²) in [5.74, 6) is -0.732. The van der Waals surface area contributed by atoms with Crippen LogP contribution in [0.4, 0.5) is 13.2 Å². The Morgan fingerprint density at radius 3 is 2.48 bits per heavy atom. The fourth-order valence-electron chi connectivity index (χ4n) is 1.62. The van der Waals surface area contributed by atoms with E-state index in [-0.39, 0.29) is 14.2 Å². The Bertz CT molecular complexity index is 747. The molecule has 0 fully saturated rings. The van der Waals surface area contributed by atoms with Gasteiger partial charge in [0.15, 0.2) is 5.69 Å². The van der Waals surface area contributed by atoms with Crippen molar-refractivity contribution in [3.05, 3.63) is 26.7 Å². The molecule has 2 aromatic rings. The number of hydrogen-bond donors (Lipinski definition) is 0. The lowest BCUT2D eigenvalue weighted by molar-refractivity contribution is -0.141. The van der Waals surface area contributed by atoms with Crippen LogP contribution in [0, 0.1) is 6.92 Å². The summed E-state index contributed by atoms with van der Waals surface area (Å²) in [6.45, 7) is 3.26. The van der Waals surface area contributed by atoms with Crippen molar-refractivity contribution in [3.8, 4) is 0 Å². The zero-order valence-electron chi connectivity index (χ0n) is 11.1. The van der Waals surface area contributed by atoms with Crippen molar-refractivity contribution in [2.75, 3.05) is 0 Å². The van der Waals surface area contributed by atoms with Gasteiger partial charge in [-0.2, -0.15) is 13.2 Å². The molecule has 0 aromatic carbocycles. The summed E-state index contributed by atoms with van der Waals surface area (Å²) in [5, 5.41) is 0.181. The Morgan fingerprint density at radius 1 is 1.29 bits per heavy atom. The minimum Gasteiger partial charge on any atom is -0.237 e. The third-order valence-corrected chi connectivity index (χ3v) is 6.95. The molecule has 0 radical (unpaired) electrons. The average Bonchev–Trinajstić information content (AvgIpc) is 2.94. The third-order valence-electron chi connectivity index (χ3n) is 2.54. The van der Waals surface area contributed by atoms with Crippen LogP contribution in [0.5, 0.6) is 0 Å². The van der Waals surface area contributed by atoms with Gasteiger partial charge in [0.1, 0.15) is 0 Å². The molecule has 10 heteroatoms. The Hall–Kier alpha value is -1.00. The average molecular weight is 356 g/mol. The van der Waals surface area contributed by atoms with Gasteiger partial charge in [-0.25, -0.2) is 18.4 Å². The number of alkyl halides is 3. The molecule has 2 heterocycles. The van der Waals surface area contributed by atoms with E-state index in [2.05, 4.69) is 9.97 Å². The van der Waals surface area contributed by atoms with Crippen molar-refractivity contribution in [2.45, 2.75) is 36.5 Å². The van der Waals surface area contributed by atoms with Crippen molar-refractivity contribution in [3.63, 3.8) is 0 Å². The first-order chi connectivity index (χ1) is 9.63. The zero-order valence-corrected chi connectivity index (χ0v) is 13.5. The normalized spacial score (nSPS) is 12.8. The van der Waals surface area contributed by atoms with Crippen LogP contribution in [-0.2, 0) is 28.2 Å². The number of hydrogen-bond acceptors (Lipinski definition) is 6. The highest BCUT2D eigenvalue weighted by Crippen LogP contribution is 2.36. The summed E-state index contributed by atoms with van der Waals surface area (Å²) in [5.41, 5.74) is -1.12. The van der Waals surface area contributed by atoms with Gasteiger partial charge in [-0.05, 0) is 13.3 Å². The molecule has 0 aliphatic heterocycles. The van der Waals surface area contributed by atoms with E-state index < -0.39 is 27.5 Å². The molecule has 0 atom stereocenters. The molecule has 0 N–H and O–H groups in total. The van der Waals surface area contributed by atoms with Crippen molar-refractivity contribution < 1.29 is 21.6 Å². The second kappa shape index (κ2) is 5.65. The van der Waals surface area contributed by atoms with Crippen molar-refractivity contribution >= 4 is 32.5 Å². The van der Waals surface area contributed by atoms with Crippen LogP contribution >= 0.6 is 22.7 Å². The van der Waals surface area contributed by atoms with Crippen LogP contribution in [0.3, 0.4) is 0 Å². The summed E-state index contributed by atoms with van der Waals surface area (Å²) in [6, 6.07) is 0. The van der Waals surface area contributed by atoms with Gasteiger partial charge in [-0.1, -0.05) is 6.92 Å². The highest BCUT2D eigenvalue weighted by atomic mass is 32.2. The second-order valence-electron chi connectivity index (χ2n) is 4.21. The molecule has 0 aliphatic carbocycles. The maximum Gasteiger partial charge on any atom is 0.434 e. The number of thiazole rings is 2. The molecule has 0 aliphatic rings. The first-order valence-electron chi connectivity index (χ1n) is 5.84. The van der Waals surface area contributed by atoms with E-state index >= 15 is 0 Å². The molecular weight excluding hydrogens is 345 g/mol. The van der Waals surface area contributed by atoms with Crippen LogP contribution in [0.2, 0.25) is 0 Å². The molecule has 0 saturated carbocycles. The summed E-state index contributed by atoms with van der Waals surface area (Å²) in [7, 11) is -3.89. The quantitative estimate of drug-likeness (QED) is 0.842. The third kappa shape index (κ3) is 3.61. The van der Waals surface area contributed by atoms with Crippen molar-refractivity contribution in [1.29, 1.82) is 0 Å². The Morgan fingerprint density at radius 2 is 1.95 bits per heavy atom. The van der Waals surface area contributed by atoms with Gasteiger partial charge >= 0.3 is 6.18 Å². The molecule has 0 spiro atoms. The van der Waals surface area contributed by atoms with Crippen LogP contribution in [0.15, 0.2) is 10.5 Å². The molecule has 0 bridgehead atoms. The Kier molecular flexibility index (Phi) is 4.41. The predicted octanol–water partition coefficient (Wildman–Crippen LogP) is 3.46. The van der Waals surface area contributed by atoms with Crippen molar-refractivity contribution in [1.82, 2.24) is 9.97 Å². The molecule has 116 valence electrons. The first-order valence-corrected chi connectivity index (χ1v) is 9.13. The fourth-order valence-corrected chi connectivity index (χ4v) is 5.48. The number of sulfone groups is 1. The number of aryl methyl sites for hydroxylation is 2. The molecule has 2 aromatic heterocycles. The topological polar surface area (TPSA) is 59.9 Å². The zero-order chi connectivity index (χ0) is 15.8. The number of nitrogens with zero attached hydrogens (tertiary/aromatic N) is 2. The molecule has 0 amide bonds. The first kappa shape index (κ1) is 16.4. The van der Waals surface area contributed by atoms with E-state index in [1.807, 2.05) is 6.92 Å². The van der Waals surface area contributed by atoms with E-state index in [1.165, 1.54) is 13.1 Å². The van der Waals surface area contributed by atoms with E-state index in [0.29, 0.717) is 6.42 Å². The molecule has 2 rings (SSSR count). The summed E-state index contributed by atoms with van der Waals surface area (Å²) < 4.78 is 62.7. The minimum atomic E-state index is -4.66. The Labute approximate surface area is 127 Å². The van der Waals surface area contributed by atoms with Gasteiger partial charge in [-0.3, -0.25) is 0 Å². The van der Waals surface area contributed by atoms with Crippen LogP contribution in [0.1, 0.15) is 27.4 Å². The van der Waals surface area contributed by atoms with Gasteiger partial charge in [0, 0.05) is 11.1 Å². The van der Waals surface area contributed by atoms with Crippen LogP contribution in [-0.4, -0.2) is 18.4 Å². The van der Waals surface area contributed by atoms with E-state index in [4.69, 9.17) is 0 Å². The lowest BCUT2D eigenvalue weighted by Gasteiger charge is -2.05. The summed E-state index contributed by atoms with van der Waals surface area (Å²) in [6.07, 6.45) is -2.60. The maximum atomic E-state index is 12.8. The lowest BCUT2D eigenvalue weighted by Crippen LogP contribution is -2.12. The maximum absolute atomic E-state index is 12.8. The van der Waals surface area contributed by atoms with Gasteiger partial charge in [0.2, 0.25) is 14.2 Å². The smallest absolute Gasteiger partial charge is 0.237 e. The van der Waals surface area contributed by atoms with Gasteiger partial charge in [0.05, 0.1) is 15.6 Å². The lowest BCUT2D eigenvalue weighted by atomic mass is 10.4. The second-order valence-corrected chi connectivity index (χ2v) is 8.77. The van der Waals surface area contributed by atoms with Crippen LogP contribution in [0.25, 0.3) is 0 Å². The van der Waals surface area contributed by atoms with Gasteiger partial charge in [0.25, 0.3) is 0 Å². The largest absolute Gasteiger partial charge is 0.434 e. The molecule has 0 saturated heterocycles. The summed E-state index contributed by atoms with van der Waals surface area (Å²) >= 11 is 1.73.